The minimum Gasteiger partial charge on any atom is -0.453 e. The summed E-state index contributed by atoms with van der Waals surface area (Å²) >= 11 is 0. The molecule has 198 valence electrons. The van der Waals surface area contributed by atoms with Crippen LogP contribution in [0, 0.1) is 17.2 Å². The Labute approximate surface area is 216 Å². The number of fused-ring (bicyclic) bond motifs is 1. The fraction of sp³-hybridized carbons (Fsp3) is 0.517. The molecule has 0 N–H and O–H groups in total. The Kier molecular flexibility index (Phi) is 8.31. The molecule has 8 heteroatoms. The minimum absolute atomic E-state index is 0.0958. The van der Waals surface area contributed by atoms with Gasteiger partial charge < -0.3 is 9.64 Å². The molecule has 0 unspecified atom stereocenters. The first-order chi connectivity index (χ1) is 17.7. The average Bonchev–Trinajstić information content (AvgIpc) is 3.57. The number of carbonyl (C=O) groups is 1. The first-order valence-electron chi connectivity index (χ1n) is 13.1. The summed E-state index contributed by atoms with van der Waals surface area (Å²) in [7, 11) is 1.27. The van der Waals surface area contributed by atoms with Gasteiger partial charge in [0, 0.05) is 25.3 Å². The van der Waals surface area contributed by atoms with Gasteiger partial charge in [0.1, 0.15) is 0 Å². The molecule has 1 amide bonds. The van der Waals surface area contributed by atoms with Crippen LogP contribution in [0.25, 0.3) is 0 Å². The number of nitriles is 1. The summed E-state index contributed by atoms with van der Waals surface area (Å²) in [4.78, 5) is 16.6. The van der Waals surface area contributed by atoms with Gasteiger partial charge in [-0.05, 0) is 91.5 Å². The summed E-state index contributed by atoms with van der Waals surface area (Å²) < 4.78 is 45.4. The molecule has 2 aromatic carbocycles. The van der Waals surface area contributed by atoms with Crippen molar-refractivity contribution >= 4 is 11.8 Å². The van der Waals surface area contributed by atoms with Crippen LogP contribution >= 0.6 is 0 Å². The minimum atomic E-state index is -4.59. The number of hydrogen-bond acceptors (Lipinski definition) is 4. The highest BCUT2D eigenvalue weighted by molar-refractivity contribution is 5.69. The number of hydrogen-bond donors (Lipinski definition) is 0. The van der Waals surface area contributed by atoms with Crippen LogP contribution in [0.3, 0.4) is 0 Å². The molecule has 0 aliphatic heterocycles. The number of anilines is 1. The molecule has 1 fully saturated rings. The SMILES string of the molecule is CCN(CC1CCCC1)c1cc2c(cc1CN(Cc1cc(C#N)cc(C(F)(F)F)c1)C(=O)OC)CCC2. The number of nitrogens with zero attached hydrogens (tertiary/aromatic N) is 3. The zero-order valence-electron chi connectivity index (χ0n) is 21.5. The first-order valence-corrected chi connectivity index (χ1v) is 13.1. The van der Waals surface area contributed by atoms with E-state index in [1.807, 2.05) is 0 Å². The molecule has 0 aromatic heterocycles. The third kappa shape index (κ3) is 6.38. The van der Waals surface area contributed by atoms with Crippen LogP contribution in [0.4, 0.5) is 23.7 Å². The highest BCUT2D eigenvalue weighted by Crippen LogP contribution is 2.35. The molecule has 0 atom stereocenters. The predicted octanol–water partition coefficient (Wildman–Crippen LogP) is 6.85. The third-order valence-electron chi connectivity index (χ3n) is 7.59. The summed E-state index contributed by atoms with van der Waals surface area (Å²) in [6.07, 6.45) is 2.86. The summed E-state index contributed by atoms with van der Waals surface area (Å²) in [5.41, 5.74) is 3.90. The van der Waals surface area contributed by atoms with Gasteiger partial charge in [-0.15, -0.1) is 0 Å². The van der Waals surface area contributed by atoms with Crippen LogP contribution in [-0.2, 0) is 36.8 Å². The molecule has 0 radical (unpaired) electrons. The van der Waals surface area contributed by atoms with Gasteiger partial charge in [-0.3, -0.25) is 4.90 Å². The molecule has 1 saturated carbocycles. The molecular weight excluding hydrogens is 479 g/mol. The lowest BCUT2D eigenvalue weighted by Gasteiger charge is -2.31. The molecule has 4 rings (SSSR count). The van der Waals surface area contributed by atoms with Gasteiger partial charge in [-0.25, -0.2) is 4.79 Å². The van der Waals surface area contributed by atoms with Crippen molar-refractivity contribution in [3.8, 4) is 6.07 Å². The van der Waals surface area contributed by atoms with E-state index in [0.29, 0.717) is 5.92 Å². The number of alkyl halides is 3. The number of ether oxygens (including phenoxy) is 1. The van der Waals surface area contributed by atoms with E-state index in [4.69, 9.17) is 4.74 Å². The van der Waals surface area contributed by atoms with E-state index in [1.165, 1.54) is 54.9 Å². The maximum Gasteiger partial charge on any atom is 0.416 e. The fourth-order valence-corrected chi connectivity index (χ4v) is 5.74. The zero-order chi connectivity index (χ0) is 26.6. The maximum absolute atomic E-state index is 13.4. The number of amides is 1. The van der Waals surface area contributed by atoms with Crippen LogP contribution in [0.5, 0.6) is 0 Å². The second kappa shape index (κ2) is 11.5. The van der Waals surface area contributed by atoms with Crippen molar-refractivity contribution in [3.63, 3.8) is 0 Å². The first kappa shape index (κ1) is 26.8. The largest absolute Gasteiger partial charge is 0.453 e. The molecule has 0 saturated heterocycles. The molecule has 37 heavy (non-hydrogen) atoms. The normalized spacial score (nSPS) is 15.4. The lowest BCUT2D eigenvalue weighted by molar-refractivity contribution is -0.137. The summed E-state index contributed by atoms with van der Waals surface area (Å²) in [6.45, 7) is 4.03. The smallest absolute Gasteiger partial charge is 0.416 e. The summed E-state index contributed by atoms with van der Waals surface area (Å²) in [5.74, 6) is 0.646. The van der Waals surface area contributed by atoms with Gasteiger partial charge in [-0.2, -0.15) is 18.4 Å². The second-order valence-electron chi connectivity index (χ2n) is 10.1. The number of benzene rings is 2. The molecule has 0 spiro atoms. The highest BCUT2D eigenvalue weighted by atomic mass is 19.4. The number of methoxy groups -OCH3 is 1. The Hall–Kier alpha value is -3.21. The van der Waals surface area contributed by atoms with Crippen molar-refractivity contribution in [1.82, 2.24) is 4.90 Å². The van der Waals surface area contributed by atoms with Gasteiger partial charge >= 0.3 is 12.3 Å². The predicted molar refractivity (Wildman–Crippen MR) is 136 cm³/mol. The van der Waals surface area contributed by atoms with Crippen LogP contribution in [0.1, 0.15) is 72.4 Å². The molecule has 2 aliphatic rings. The zero-order valence-corrected chi connectivity index (χ0v) is 21.5. The Morgan fingerprint density at radius 2 is 1.76 bits per heavy atom. The lowest BCUT2D eigenvalue weighted by Crippen LogP contribution is -2.33. The van der Waals surface area contributed by atoms with Gasteiger partial charge in [0.05, 0.1) is 30.9 Å². The number of aryl methyl sites for hydroxylation is 2. The van der Waals surface area contributed by atoms with Crippen LogP contribution < -0.4 is 4.90 Å². The van der Waals surface area contributed by atoms with Crippen molar-refractivity contribution in [2.24, 2.45) is 5.92 Å². The Morgan fingerprint density at radius 1 is 1.05 bits per heavy atom. The molecule has 5 nitrogen and oxygen atoms in total. The van der Waals surface area contributed by atoms with Crippen LogP contribution in [-0.4, -0.2) is 31.2 Å². The molecule has 2 aromatic rings. The summed E-state index contributed by atoms with van der Waals surface area (Å²) in [6, 6.07) is 9.44. The van der Waals surface area contributed by atoms with E-state index in [2.05, 4.69) is 24.0 Å². The average molecular weight is 514 g/mol. The van der Waals surface area contributed by atoms with E-state index in [0.717, 1.165) is 55.7 Å². The van der Waals surface area contributed by atoms with E-state index < -0.39 is 17.8 Å². The second-order valence-corrected chi connectivity index (χ2v) is 10.1. The third-order valence-corrected chi connectivity index (χ3v) is 7.59. The molecule has 0 heterocycles. The maximum atomic E-state index is 13.4. The topological polar surface area (TPSA) is 56.6 Å². The number of halogens is 3. The molecule has 0 bridgehead atoms. The van der Waals surface area contributed by atoms with Gasteiger partial charge in [-0.1, -0.05) is 18.9 Å². The summed E-state index contributed by atoms with van der Waals surface area (Å²) in [5, 5.41) is 9.28. The van der Waals surface area contributed by atoms with E-state index >= 15 is 0 Å². The molecular formula is C29H34F3N3O2. The quantitative estimate of drug-likeness (QED) is 0.387. The van der Waals surface area contributed by atoms with E-state index in [9.17, 15) is 23.2 Å². The molecule has 2 aliphatic carbocycles. The Morgan fingerprint density at radius 3 is 2.38 bits per heavy atom. The Balaban J connectivity index is 1.68. The van der Waals surface area contributed by atoms with Crippen molar-refractivity contribution < 1.29 is 22.7 Å². The number of rotatable bonds is 8. The Bertz CT molecular complexity index is 1170. The van der Waals surface area contributed by atoms with Crippen LogP contribution in [0.2, 0.25) is 0 Å². The van der Waals surface area contributed by atoms with Crippen molar-refractivity contribution in [2.75, 3.05) is 25.1 Å². The van der Waals surface area contributed by atoms with Crippen LogP contribution in [0.15, 0.2) is 30.3 Å². The van der Waals surface area contributed by atoms with E-state index in [-0.39, 0.29) is 24.2 Å². The van der Waals surface area contributed by atoms with Gasteiger partial charge in [0.15, 0.2) is 0 Å². The standard InChI is InChI=1S/C29H34F3N3O2/c1-3-34(17-20-7-4-5-8-20)27-15-24-10-6-9-23(24)14-25(27)19-35(28(36)37-2)18-22-11-21(16-33)12-26(13-22)29(30,31)32/h11-15,20H,3-10,17-19H2,1-2H3. The van der Waals surface area contributed by atoms with E-state index in [1.54, 1.807) is 6.07 Å². The van der Waals surface area contributed by atoms with Crippen molar-refractivity contribution in [2.45, 2.75) is 71.1 Å². The van der Waals surface area contributed by atoms with Gasteiger partial charge in [0.2, 0.25) is 0 Å². The monoisotopic (exact) mass is 513 g/mol. The number of carbonyl (C=O) groups excluding carboxylic acids is 1. The van der Waals surface area contributed by atoms with Crippen molar-refractivity contribution in [1.29, 1.82) is 5.26 Å². The lowest BCUT2D eigenvalue weighted by atomic mass is 10.0. The van der Waals surface area contributed by atoms with Gasteiger partial charge in [0.25, 0.3) is 0 Å². The fourth-order valence-electron chi connectivity index (χ4n) is 5.74. The van der Waals surface area contributed by atoms with Crippen molar-refractivity contribution in [3.05, 3.63) is 63.7 Å². The highest BCUT2D eigenvalue weighted by Gasteiger charge is 2.32.